The minimum atomic E-state index is -5.73. The minimum Gasteiger partial charge on any atom is -0.508 e. The van der Waals surface area contributed by atoms with Gasteiger partial charge in [-0.3, -0.25) is 18.7 Å². The molecule has 2 aliphatic heterocycles. The van der Waals surface area contributed by atoms with Crippen LogP contribution in [-0.4, -0.2) is 98.2 Å². The lowest BCUT2D eigenvalue weighted by molar-refractivity contribution is -0.0423. The predicted molar refractivity (Wildman–Crippen MR) is 222 cm³/mol. The van der Waals surface area contributed by atoms with Crippen molar-refractivity contribution in [3.8, 4) is 28.2 Å². The van der Waals surface area contributed by atoms with Gasteiger partial charge in [-0.2, -0.15) is 8.62 Å². The minimum absolute atomic E-state index is 0.0571. The van der Waals surface area contributed by atoms with E-state index in [1.165, 1.54) is 59.7 Å². The number of carboxylic acids is 1. The second-order valence-corrected chi connectivity index (χ2v) is 18.8. The zero-order chi connectivity index (χ0) is 46.0. The molecule has 1 saturated heterocycles. The summed E-state index contributed by atoms with van der Waals surface area (Å²) >= 11 is 0. The number of hydrogen-bond acceptors (Lipinski definition) is 17. The summed E-state index contributed by atoms with van der Waals surface area (Å²) in [7, 11) is -16.7. The molecule has 340 valence electrons. The third-order valence-corrected chi connectivity index (χ3v) is 13.6. The monoisotopic (exact) mass is 948 g/mol. The van der Waals surface area contributed by atoms with Gasteiger partial charge in [-0.05, 0) is 54.8 Å². The number of phenols is 1. The fourth-order valence-corrected chi connectivity index (χ4v) is 10.1. The summed E-state index contributed by atoms with van der Waals surface area (Å²) in [4.78, 5) is 87.1. The second kappa shape index (κ2) is 18.9. The van der Waals surface area contributed by atoms with Crippen molar-refractivity contribution >= 4 is 63.3 Å². The summed E-state index contributed by atoms with van der Waals surface area (Å²) in [6, 6.07) is 12.9. The van der Waals surface area contributed by atoms with Crippen LogP contribution < -0.4 is 16.1 Å². The van der Waals surface area contributed by atoms with Crippen molar-refractivity contribution in [2.24, 2.45) is 0 Å². The summed E-state index contributed by atoms with van der Waals surface area (Å²) in [6.07, 6.45) is 2.07. The third-order valence-electron chi connectivity index (χ3n) is 9.83. The van der Waals surface area contributed by atoms with Crippen LogP contribution in [0.3, 0.4) is 0 Å². The Bertz CT molecular complexity index is 2900. The van der Waals surface area contributed by atoms with Gasteiger partial charge < -0.3 is 54.7 Å². The number of aromatic carboxylic acids is 1. The second-order valence-electron chi connectivity index (χ2n) is 14.3. The number of benzene rings is 3. The van der Waals surface area contributed by atoms with E-state index in [0.717, 1.165) is 12.8 Å². The zero-order valence-electron chi connectivity index (χ0n) is 33.0. The van der Waals surface area contributed by atoms with Crippen molar-refractivity contribution in [3.05, 3.63) is 88.6 Å². The highest BCUT2D eigenvalue weighted by Crippen LogP contribution is 2.66. The Balaban J connectivity index is 0.883. The number of carboxylic acid groups (broad SMARTS) is 1. The number of carbonyl (C=O) groups is 2. The zero-order valence-corrected chi connectivity index (χ0v) is 35.7. The number of rotatable bonds is 19. The molecular weight excluding hydrogens is 909 g/mol. The van der Waals surface area contributed by atoms with Crippen LogP contribution in [0.1, 0.15) is 59.0 Å². The van der Waals surface area contributed by atoms with E-state index in [0.29, 0.717) is 65.0 Å². The lowest BCUT2D eigenvalue weighted by atomic mass is 9.90. The number of amides is 1. The number of hydrogen-bond donors (Lipinski definition) is 9. The average Bonchev–Trinajstić information content (AvgIpc) is 3.81. The molecule has 2 unspecified atom stereocenters. The number of aliphatic hydroxyl groups excluding tert-OH is 1. The van der Waals surface area contributed by atoms with Crippen LogP contribution in [0.15, 0.2) is 76.5 Å². The number of aliphatic hydroxyl groups is 1. The Hall–Kier alpha value is -5.45. The molecule has 2 aromatic heterocycles. The molecule has 1 fully saturated rings. The van der Waals surface area contributed by atoms with E-state index in [1.54, 1.807) is 12.1 Å². The molecular formula is C37H39N6O18P3. The smallest absolute Gasteiger partial charge is 0.490 e. The van der Waals surface area contributed by atoms with Gasteiger partial charge in [-0.1, -0.05) is 18.9 Å². The number of imidazole rings is 1. The van der Waals surface area contributed by atoms with Gasteiger partial charge in [0.05, 0.1) is 24.6 Å². The molecule has 0 radical (unpaired) electrons. The van der Waals surface area contributed by atoms with E-state index >= 15 is 0 Å². The van der Waals surface area contributed by atoms with Crippen molar-refractivity contribution in [2.75, 3.05) is 25.0 Å². The number of fused-ring (bicyclic) bond motifs is 3. The Morgan fingerprint density at radius 3 is 2.38 bits per heavy atom. The Morgan fingerprint density at radius 1 is 0.875 bits per heavy atom. The van der Waals surface area contributed by atoms with E-state index in [2.05, 4.69) is 38.7 Å². The molecule has 9 N–H and O–H groups in total. The van der Waals surface area contributed by atoms with Crippen LogP contribution >= 0.6 is 23.5 Å². The summed E-state index contributed by atoms with van der Waals surface area (Å²) < 4.78 is 59.6. The molecule has 3 aliphatic rings. The number of aromatic nitrogens is 4. The maximum Gasteiger partial charge on any atom is 0.490 e. The van der Waals surface area contributed by atoms with Gasteiger partial charge in [0.2, 0.25) is 0 Å². The third kappa shape index (κ3) is 11.1. The predicted octanol–water partition coefficient (Wildman–Crippen LogP) is 4.50. The summed E-state index contributed by atoms with van der Waals surface area (Å²) in [5.41, 5.74) is 1.84. The van der Waals surface area contributed by atoms with Crippen molar-refractivity contribution < 1.29 is 80.5 Å². The van der Waals surface area contributed by atoms with Crippen LogP contribution in [0.5, 0.6) is 5.75 Å². The number of unbranched alkanes of at least 4 members (excludes halogenated alkanes) is 3. The first-order chi connectivity index (χ1) is 30.3. The number of phosphoric acid groups is 3. The van der Waals surface area contributed by atoms with Gasteiger partial charge in [0, 0.05) is 53.7 Å². The highest BCUT2D eigenvalue weighted by Gasteiger charge is 2.43. The molecule has 7 rings (SSSR count). The molecule has 0 bridgehead atoms. The number of carbonyl (C=O) groups excluding carboxylic acids is 1. The SMILES string of the molecule is O=C(NCCCCCCNc1ncnc2c1ncn2[C@H]1C[C@H](O)[C@@H](COP(=O)(O)OP(=O)(O)OP(=O)(O)O)O1)c1ccc(-c2c3ccc(=O)cc-3oc3cc(O)ccc23)c(C(=O)O)c1. The number of phenolic OH excluding ortho intramolecular Hbond substituents is 1. The van der Waals surface area contributed by atoms with Gasteiger partial charge in [0.15, 0.2) is 22.4 Å². The average molecular weight is 949 g/mol. The van der Waals surface area contributed by atoms with E-state index in [1.807, 2.05) is 0 Å². The van der Waals surface area contributed by atoms with Crippen molar-refractivity contribution in [3.63, 3.8) is 0 Å². The molecule has 4 heterocycles. The highest BCUT2D eigenvalue weighted by molar-refractivity contribution is 7.66. The molecule has 24 nitrogen and oxygen atoms in total. The van der Waals surface area contributed by atoms with Gasteiger partial charge >= 0.3 is 29.4 Å². The first-order valence-corrected chi connectivity index (χ1v) is 23.7. The largest absolute Gasteiger partial charge is 0.508 e. The number of nitrogens with zero attached hydrogens (tertiary/aromatic N) is 4. The molecule has 0 saturated carbocycles. The normalized spacial score (nSPS) is 18.5. The van der Waals surface area contributed by atoms with E-state index in [-0.39, 0.29) is 40.1 Å². The quantitative estimate of drug-likeness (QED) is 0.0306. The van der Waals surface area contributed by atoms with Crippen LogP contribution in [0.25, 0.3) is 44.6 Å². The molecule has 1 aliphatic carbocycles. The summed E-state index contributed by atoms with van der Waals surface area (Å²) in [6.45, 7) is -0.0162. The lowest BCUT2D eigenvalue weighted by Crippen LogP contribution is -2.26. The van der Waals surface area contributed by atoms with Crippen molar-refractivity contribution in [1.82, 2.24) is 24.8 Å². The Labute approximate surface area is 360 Å². The topological polar surface area (TPSA) is 362 Å². The highest BCUT2D eigenvalue weighted by atomic mass is 31.3. The standard InChI is InChI=1S/C37H39N6O18P3/c44-21-6-9-24-28(14-21)58-29-15-22(45)7-10-25(29)32(24)23-8-5-20(13-26(23)37(48)49)36(47)39-12-4-2-1-3-11-38-34-33-35(41-18-40-34)43(19-42-33)31-16-27(46)30(59-31)17-57-63(53,54)61-64(55,56)60-62(50,51)52/h5-10,13-15,18-19,27,30-31,44,46H,1-4,11-12,16-17H2,(H,39,47)(H,48,49)(H,53,54)(H,55,56)(H,38,40,41)(H2,50,51,52)/t27-,30+,31+/m0/s1. The molecule has 4 aromatic rings. The fraction of sp³-hybridized carbons (Fsp3) is 0.297. The number of aromatic hydroxyl groups is 1. The molecule has 1 amide bonds. The number of nitrogens with one attached hydrogen (secondary N) is 2. The van der Waals surface area contributed by atoms with Crippen LogP contribution in [0.4, 0.5) is 5.82 Å². The fourth-order valence-electron chi connectivity index (χ4n) is 7.04. The maximum atomic E-state index is 13.1. The first kappa shape index (κ1) is 46.5. The number of anilines is 1. The Kier molecular flexibility index (Phi) is 13.8. The maximum absolute atomic E-state index is 13.1. The number of ether oxygens (including phenoxy) is 1. The van der Waals surface area contributed by atoms with Crippen LogP contribution in [0.2, 0.25) is 0 Å². The molecule has 5 atom stereocenters. The van der Waals surface area contributed by atoms with Gasteiger partial charge in [-0.15, -0.1) is 0 Å². The molecule has 27 heteroatoms. The first-order valence-electron chi connectivity index (χ1n) is 19.2. The van der Waals surface area contributed by atoms with Crippen molar-refractivity contribution in [2.45, 2.75) is 50.5 Å². The molecule has 2 aromatic carbocycles. The van der Waals surface area contributed by atoms with E-state index < -0.39 is 60.4 Å². The van der Waals surface area contributed by atoms with Gasteiger partial charge in [0.1, 0.15) is 35.8 Å². The van der Waals surface area contributed by atoms with Gasteiger partial charge in [0.25, 0.3) is 5.91 Å². The molecule has 64 heavy (non-hydrogen) atoms. The number of phosphoric ester groups is 1. The lowest BCUT2D eigenvalue weighted by Gasteiger charge is -2.19. The van der Waals surface area contributed by atoms with Crippen LogP contribution in [-0.2, 0) is 31.6 Å². The molecule has 0 spiro atoms. The Morgan fingerprint density at radius 2 is 1.62 bits per heavy atom. The van der Waals surface area contributed by atoms with Crippen molar-refractivity contribution in [1.29, 1.82) is 0 Å². The summed E-state index contributed by atoms with van der Waals surface area (Å²) in [5.74, 6) is -1.20. The van der Waals surface area contributed by atoms with Crippen LogP contribution in [0, 0.1) is 0 Å². The van der Waals surface area contributed by atoms with E-state index in [4.69, 9.17) is 18.9 Å². The van der Waals surface area contributed by atoms with E-state index in [9.17, 15) is 53.2 Å². The summed E-state index contributed by atoms with van der Waals surface area (Å²) in [5, 5.41) is 37.3. The van der Waals surface area contributed by atoms with Gasteiger partial charge in [-0.25, -0.2) is 33.4 Å².